The van der Waals surface area contributed by atoms with Crippen molar-refractivity contribution in [2.45, 2.75) is 0 Å². The van der Waals surface area contributed by atoms with Gasteiger partial charge in [-0.05, 0) is 53.5 Å². The Labute approximate surface area is 134 Å². The molecule has 3 heterocycles. The number of aromatic nitrogens is 3. The van der Waals surface area contributed by atoms with Crippen LogP contribution >= 0.6 is 11.5 Å². The molecule has 0 fully saturated rings. The second-order valence-corrected chi connectivity index (χ2v) is 5.65. The van der Waals surface area contributed by atoms with E-state index in [1.54, 1.807) is 12.3 Å². The number of hydrogen-bond donors (Lipinski definition) is 1. The molecule has 0 amide bonds. The molecule has 0 aliphatic carbocycles. The minimum atomic E-state index is -1.09. The molecule has 0 atom stereocenters. The molecular formula is C16H9N3O3S. The van der Waals surface area contributed by atoms with E-state index in [0.29, 0.717) is 22.6 Å². The molecule has 0 bridgehead atoms. The van der Waals surface area contributed by atoms with E-state index >= 15 is 0 Å². The molecule has 1 aromatic carbocycles. The molecule has 0 saturated heterocycles. The van der Waals surface area contributed by atoms with Gasteiger partial charge >= 0.3 is 5.97 Å². The van der Waals surface area contributed by atoms with Crippen molar-refractivity contribution in [3.63, 3.8) is 0 Å². The zero-order chi connectivity index (χ0) is 15.8. The van der Waals surface area contributed by atoms with Crippen LogP contribution in [0.15, 0.2) is 53.2 Å². The monoisotopic (exact) mass is 323 g/mol. The van der Waals surface area contributed by atoms with E-state index in [0.717, 1.165) is 10.4 Å². The molecule has 112 valence electrons. The van der Waals surface area contributed by atoms with E-state index in [-0.39, 0.29) is 5.69 Å². The second kappa shape index (κ2) is 5.29. The molecule has 6 nitrogen and oxygen atoms in total. The fraction of sp³-hybridized carbons (Fsp3) is 0. The first-order chi connectivity index (χ1) is 11.2. The Morgan fingerprint density at radius 2 is 2.00 bits per heavy atom. The highest BCUT2D eigenvalue weighted by Gasteiger charge is 2.12. The molecule has 0 aliphatic rings. The SMILES string of the molecule is O=C(O)c1cc(-c2nc3cc(-c4ccns4)ccc3o2)ccn1. The first kappa shape index (κ1) is 13.6. The summed E-state index contributed by atoms with van der Waals surface area (Å²) < 4.78 is 9.81. The van der Waals surface area contributed by atoms with Crippen LogP contribution < -0.4 is 0 Å². The number of rotatable bonds is 3. The average molecular weight is 323 g/mol. The molecule has 0 spiro atoms. The van der Waals surface area contributed by atoms with Crippen LogP contribution in [0.5, 0.6) is 0 Å². The smallest absolute Gasteiger partial charge is 0.354 e. The third-order valence-corrected chi connectivity index (χ3v) is 4.13. The maximum atomic E-state index is 11.0. The summed E-state index contributed by atoms with van der Waals surface area (Å²) in [6.07, 6.45) is 3.18. The van der Waals surface area contributed by atoms with Gasteiger partial charge in [0.15, 0.2) is 5.58 Å². The Morgan fingerprint density at radius 3 is 2.78 bits per heavy atom. The van der Waals surface area contributed by atoms with Crippen LogP contribution in [0, 0.1) is 0 Å². The van der Waals surface area contributed by atoms with Crippen molar-refractivity contribution in [2.24, 2.45) is 0 Å². The summed E-state index contributed by atoms with van der Waals surface area (Å²) in [5.41, 5.74) is 2.89. The van der Waals surface area contributed by atoms with Gasteiger partial charge in [-0.3, -0.25) is 0 Å². The number of pyridine rings is 1. The molecule has 0 unspecified atom stereocenters. The lowest BCUT2D eigenvalue weighted by Gasteiger charge is -1.96. The van der Waals surface area contributed by atoms with Crippen molar-refractivity contribution < 1.29 is 14.3 Å². The first-order valence-electron chi connectivity index (χ1n) is 6.72. The molecule has 0 saturated carbocycles. The van der Waals surface area contributed by atoms with Crippen LogP contribution in [-0.4, -0.2) is 25.4 Å². The van der Waals surface area contributed by atoms with Crippen LogP contribution in [0.1, 0.15) is 10.5 Å². The standard InChI is InChI=1S/C16H9N3O3S/c20-16(21)12-8-10(3-5-17-12)15-19-11-7-9(1-2-13(11)22-15)14-4-6-18-23-14/h1-8H,(H,20,21). The van der Waals surface area contributed by atoms with Crippen LogP contribution in [-0.2, 0) is 0 Å². The normalized spacial score (nSPS) is 11.0. The van der Waals surface area contributed by atoms with Crippen LogP contribution in [0.2, 0.25) is 0 Å². The average Bonchev–Trinajstić information content (AvgIpc) is 3.23. The summed E-state index contributed by atoms with van der Waals surface area (Å²) in [6, 6.07) is 10.8. The summed E-state index contributed by atoms with van der Waals surface area (Å²) in [5, 5.41) is 9.02. The molecule has 0 aliphatic heterocycles. The van der Waals surface area contributed by atoms with Crippen LogP contribution in [0.25, 0.3) is 33.0 Å². The van der Waals surface area contributed by atoms with Crippen molar-refractivity contribution in [2.75, 3.05) is 0 Å². The van der Waals surface area contributed by atoms with Gasteiger partial charge < -0.3 is 9.52 Å². The number of aromatic carboxylic acids is 1. The van der Waals surface area contributed by atoms with Gasteiger partial charge in [0.05, 0.1) is 4.88 Å². The molecule has 23 heavy (non-hydrogen) atoms. The number of benzene rings is 1. The van der Waals surface area contributed by atoms with Gasteiger partial charge in [0.2, 0.25) is 5.89 Å². The Bertz CT molecular complexity index is 1010. The Balaban J connectivity index is 1.80. The third-order valence-electron chi connectivity index (χ3n) is 3.34. The zero-order valence-corrected chi connectivity index (χ0v) is 12.4. The minimum absolute atomic E-state index is 0.0462. The Hall–Kier alpha value is -3.06. The fourth-order valence-electron chi connectivity index (χ4n) is 2.25. The molecular weight excluding hydrogens is 314 g/mol. The number of carboxylic acid groups (broad SMARTS) is 1. The van der Waals surface area contributed by atoms with E-state index in [4.69, 9.17) is 9.52 Å². The summed E-state index contributed by atoms with van der Waals surface area (Å²) in [5.74, 6) is -0.721. The number of nitrogens with zero attached hydrogens (tertiary/aromatic N) is 3. The van der Waals surface area contributed by atoms with Gasteiger partial charge in [-0.25, -0.2) is 19.1 Å². The number of oxazole rings is 1. The summed E-state index contributed by atoms with van der Waals surface area (Å²) in [7, 11) is 0. The first-order valence-corrected chi connectivity index (χ1v) is 7.49. The minimum Gasteiger partial charge on any atom is -0.477 e. The highest BCUT2D eigenvalue weighted by Crippen LogP contribution is 2.29. The van der Waals surface area contributed by atoms with Gasteiger partial charge in [0.1, 0.15) is 11.2 Å². The largest absolute Gasteiger partial charge is 0.477 e. The van der Waals surface area contributed by atoms with E-state index in [2.05, 4.69) is 14.3 Å². The van der Waals surface area contributed by atoms with Crippen molar-refractivity contribution in [3.05, 3.63) is 54.5 Å². The number of fused-ring (bicyclic) bond motifs is 1. The van der Waals surface area contributed by atoms with E-state index in [1.165, 1.54) is 23.8 Å². The van der Waals surface area contributed by atoms with Gasteiger partial charge in [0, 0.05) is 18.0 Å². The number of carboxylic acids is 1. The van der Waals surface area contributed by atoms with E-state index in [1.807, 2.05) is 24.3 Å². The van der Waals surface area contributed by atoms with Crippen LogP contribution in [0.3, 0.4) is 0 Å². The lowest BCUT2D eigenvalue weighted by molar-refractivity contribution is 0.0690. The third kappa shape index (κ3) is 2.47. The highest BCUT2D eigenvalue weighted by atomic mass is 32.1. The predicted molar refractivity (Wildman–Crippen MR) is 85.3 cm³/mol. The molecule has 3 aromatic heterocycles. The van der Waals surface area contributed by atoms with Crippen LogP contribution in [0.4, 0.5) is 0 Å². The topological polar surface area (TPSA) is 89.1 Å². The zero-order valence-electron chi connectivity index (χ0n) is 11.6. The molecule has 1 N–H and O–H groups in total. The van der Waals surface area contributed by atoms with Crippen molar-refractivity contribution in [3.8, 4) is 21.9 Å². The second-order valence-electron chi connectivity index (χ2n) is 4.81. The highest BCUT2D eigenvalue weighted by molar-refractivity contribution is 7.09. The summed E-state index contributed by atoms with van der Waals surface area (Å²) in [6.45, 7) is 0. The van der Waals surface area contributed by atoms with Gasteiger partial charge in [-0.15, -0.1) is 0 Å². The molecule has 0 radical (unpaired) electrons. The lowest BCUT2D eigenvalue weighted by Crippen LogP contribution is -1.99. The quantitative estimate of drug-likeness (QED) is 0.618. The van der Waals surface area contributed by atoms with Gasteiger partial charge in [-0.2, -0.15) is 0 Å². The van der Waals surface area contributed by atoms with Crippen molar-refractivity contribution >= 4 is 28.6 Å². The lowest BCUT2D eigenvalue weighted by atomic mass is 10.2. The van der Waals surface area contributed by atoms with Gasteiger partial charge in [0.25, 0.3) is 0 Å². The number of hydrogen-bond acceptors (Lipinski definition) is 6. The predicted octanol–water partition coefficient (Wildman–Crippen LogP) is 3.71. The van der Waals surface area contributed by atoms with Crippen molar-refractivity contribution in [1.29, 1.82) is 0 Å². The number of carbonyl (C=O) groups is 1. The maximum Gasteiger partial charge on any atom is 0.354 e. The summed E-state index contributed by atoms with van der Waals surface area (Å²) >= 11 is 1.41. The molecule has 4 aromatic rings. The van der Waals surface area contributed by atoms with E-state index < -0.39 is 5.97 Å². The van der Waals surface area contributed by atoms with E-state index in [9.17, 15) is 4.79 Å². The molecule has 7 heteroatoms. The fourth-order valence-corrected chi connectivity index (χ4v) is 2.84. The Kier molecular flexibility index (Phi) is 3.13. The molecule has 4 rings (SSSR count). The maximum absolute atomic E-state index is 11.0. The van der Waals surface area contributed by atoms with Crippen molar-refractivity contribution in [1.82, 2.24) is 14.3 Å². The van der Waals surface area contributed by atoms with Gasteiger partial charge in [-0.1, -0.05) is 0 Å². The summed E-state index contributed by atoms with van der Waals surface area (Å²) in [4.78, 5) is 20.3. The Morgan fingerprint density at radius 1 is 1.09 bits per heavy atom.